The predicted octanol–water partition coefficient (Wildman–Crippen LogP) is 5.77. The first-order valence-electron chi connectivity index (χ1n) is 10.1. The Kier molecular flexibility index (Phi) is 7.13. The van der Waals surface area contributed by atoms with Crippen molar-refractivity contribution < 1.29 is 32.1 Å². The topological polar surface area (TPSA) is 36.9 Å². The van der Waals surface area contributed by atoms with Crippen LogP contribution in [0, 0.1) is 17.6 Å². The highest BCUT2D eigenvalue weighted by Crippen LogP contribution is 2.41. The molecule has 2 unspecified atom stereocenters. The van der Waals surface area contributed by atoms with E-state index in [9.17, 15) is 13.2 Å². The maximum atomic E-state index is 14.7. The van der Waals surface area contributed by atoms with Gasteiger partial charge in [0, 0.05) is 17.9 Å². The molecule has 2 heterocycles. The molecule has 0 amide bonds. The molecule has 0 saturated carbocycles. The quantitative estimate of drug-likeness (QED) is 0.521. The van der Waals surface area contributed by atoms with Gasteiger partial charge in [0.2, 0.25) is 17.5 Å². The molecule has 7 heteroatoms. The molecule has 2 atom stereocenters. The average Bonchev–Trinajstić information content (AvgIpc) is 2.75. The Morgan fingerprint density at radius 3 is 2.67 bits per heavy atom. The molecule has 2 aliphatic heterocycles. The first-order valence-corrected chi connectivity index (χ1v) is 10.1. The van der Waals surface area contributed by atoms with Crippen molar-refractivity contribution in [3.05, 3.63) is 59.3 Å². The predicted molar refractivity (Wildman–Crippen MR) is 107 cm³/mol. The summed E-state index contributed by atoms with van der Waals surface area (Å²) in [5.41, 5.74) is 0.592. The fourth-order valence-electron chi connectivity index (χ4n) is 3.63. The van der Waals surface area contributed by atoms with Crippen molar-refractivity contribution in [2.24, 2.45) is 5.92 Å². The smallest absolute Gasteiger partial charge is 0.207 e. The van der Waals surface area contributed by atoms with Gasteiger partial charge in [-0.1, -0.05) is 26.5 Å². The number of hydrogen-bond acceptors (Lipinski definition) is 4. The van der Waals surface area contributed by atoms with E-state index < -0.39 is 17.5 Å². The number of fused-ring (bicyclic) bond motifs is 1. The number of benzene rings is 1. The van der Waals surface area contributed by atoms with Gasteiger partial charge in [-0.15, -0.1) is 0 Å². The average molecular weight is 424 g/mol. The van der Waals surface area contributed by atoms with Crippen LogP contribution in [-0.2, 0) is 15.9 Å². The van der Waals surface area contributed by atoms with E-state index in [-0.39, 0.29) is 53.6 Å². The van der Waals surface area contributed by atoms with Crippen molar-refractivity contribution in [1.82, 2.24) is 0 Å². The summed E-state index contributed by atoms with van der Waals surface area (Å²) in [6.45, 7) is 10.0. The van der Waals surface area contributed by atoms with Crippen molar-refractivity contribution in [3.63, 3.8) is 0 Å². The van der Waals surface area contributed by atoms with Crippen molar-refractivity contribution in [1.29, 1.82) is 0 Å². The molecular weight excluding hydrogens is 397 g/mol. The van der Waals surface area contributed by atoms with Crippen molar-refractivity contribution in [2.45, 2.75) is 45.1 Å². The lowest BCUT2D eigenvalue weighted by Crippen LogP contribution is -2.29. The minimum Gasteiger partial charge on any atom is -0.494 e. The molecule has 1 aromatic rings. The Balaban J connectivity index is 1.73. The second-order valence-electron chi connectivity index (χ2n) is 7.64. The number of allylic oxidation sites excluding steroid dienone is 2. The molecule has 0 spiro atoms. The molecule has 0 radical (unpaired) electrons. The number of rotatable bonds is 7. The van der Waals surface area contributed by atoms with Gasteiger partial charge in [0.05, 0.1) is 26.4 Å². The van der Waals surface area contributed by atoms with E-state index in [1.807, 2.05) is 0 Å². The standard InChI is InChI=1S/C23H27F3O4/c1-5-6-17-8-7-15(11-28-17)12-29-18-10-16-9-13(2)22(19(24)14(3)27-4)30-23(16)21(26)20(18)25/h10,15,17H,2-3,5-9,11-12H2,1,4H3/b22-19-. The lowest BCUT2D eigenvalue weighted by Gasteiger charge is -2.29. The highest BCUT2D eigenvalue weighted by molar-refractivity contribution is 5.52. The number of methoxy groups -OCH3 is 1. The van der Waals surface area contributed by atoms with E-state index in [1.54, 1.807) is 0 Å². The van der Waals surface area contributed by atoms with Crippen LogP contribution in [-0.4, -0.2) is 26.4 Å². The van der Waals surface area contributed by atoms with Crippen LogP contribution in [0.15, 0.2) is 42.1 Å². The third-order valence-corrected chi connectivity index (χ3v) is 5.37. The molecule has 3 rings (SSSR count). The first-order chi connectivity index (χ1) is 14.3. The minimum atomic E-state index is -1.23. The fourth-order valence-corrected chi connectivity index (χ4v) is 3.63. The SMILES string of the molecule is C=C(OC)/C(F)=C1/Oc2c(cc(OCC3CCC(CCC)OC3)c(F)c2F)CC1=C. The Bertz CT molecular complexity index is 854. The molecule has 1 aromatic carbocycles. The summed E-state index contributed by atoms with van der Waals surface area (Å²) < 4.78 is 65.0. The zero-order valence-corrected chi connectivity index (χ0v) is 17.4. The maximum absolute atomic E-state index is 14.7. The van der Waals surface area contributed by atoms with E-state index in [1.165, 1.54) is 13.2 Å². The van der Waals surface area contributed by atoms with E-state index in [0.717, 1.165) is 25.7 Å². The van der Waals surface area contributed by atoms with Crippen molar-refractivity contribution in [2.75, 3.05) is 20.3 Å². The van der Waals surface area contributed by atoms with E-state index >= 15 is 0 Å². The van der Waals surface area contributed by atoms with Crippen LogP contribution in [0.2, 0.25) is 0 Å². The zero-order chi connectivity index (χ0) is 21.8. The van der Waals surface area contributed by atoms with E-state index in [2.05, 4.69) is 20.1 Å². The van der Waals surface area contributed by atoms with Crippen molar-refractivity contribution in [3.8, 4) is 11.5 Å². The highest BCUT2D eigenvalue weighted by Gasteiger charge is 2.30. The molecule has 1 fully saturated rings. The summed E-state index contributed by atoms with van der Waals surface area (Å²) >= 11 is 0. The molecule has 1 saturated heterocycles. The third-order valence-electron chi connectivity index (χ3n) is 5.37. The summed E-state index contributed by atoms with van der Waals surface area (Å²) in [7, 11) is 1.24. The largest absolute Gasteiger partial charge is 0.494 e. The van der Waals surface area contributed by atoms with Crippen LogP contribution in [0.3, 0.4) is 0 Å². The van der Waals surface area contributed by atoms with Crippen molar-refractivity contribution >= 4 is 0 Å². The van der Waals surface area contributed by atoms with E-state index in [4.69, 9.17) is 18.9 Å². The Hall–Kier alpha value is -2.41. The third kappa shape index (κ3) is 4.67. The van der Waals surface area contributed by atoms with Crippen LogP contribution < -0.4 is 9.47 Å². The number of hydrogen-bond donors (Lipinski definition) is 0. The van der Waals surface area contributed by atoms with Crippen LogP contribution >= 0.6 is 0 Å². The van der Waals surface area contributed by atoms with E-state index in [0.29, 0.717) is 12.2 Å². The Morgan fingerprint density at radius 1 is 1.27 bits per heavy atom. The van der Waals surface area contributed by atoms with Gasteiger partial charge < -0.3 is 18.9 Å². The summed E-state index contributed by atoms with van der Waals surface area (Å²) in [5.74, 6) is -4.39. The van der Waals surface area contributed by atoms with Gasteiger partial charge in [0.1, 0.15) is 0 Å². The minimum absolute atomic E-state index is 0.0773. The number of ether oxygens (including phenoxy) is 4. The summed E-state index contributed by atoms with van der Waals surface area (Å²) in [4.78, 5) is 0. The normalized spacial score (nSPS) is 22.8. The van der Waals surface area contributed by atoms with Gasteiger partial charge in [-0.25, -0.2) is 0 Å². The molecule has 30 heavy (non-hydrogen) atoms. The molecule has 164 valence electrons. The van der Waals surface area contributed by atoms with Gasteiger partial charge in [-0.05, 0) is 30.9 Å². The maximum Gasteiger partial charge on any atom is 0.207 e. The highest BCUT2D eigenvalue weighted by atomic mass is 19.2. The van der Waals surface area contributed by atoms with Crippen LogP contribution in [0.25, 0.3) is 0 Å². The zero-order valence-electron chi connectivity index (χ0n) is 17.4. The second kappa shape index (κ2) is 9.60. The lowest BCUT2D eigenvalue weighted by molar-refractivity contribution is -0.0310. The molecule has 4 nitrogen and oxygen atoms in total. The van der Waals surface area contributed by atoms with Gasteiger partial charge in [-0.3, -0.25) is 0 Å². The second-order valence-corrected chi connectivity index (χ2v) is 7.64. The molecule has 0 aliphatic carbocycles. The molecular formula is C23H27F3O4. The Labute approximate surface area is 175 Å². The summed E-state index contributed by atoms with van der Waals surface area (Å²) in [6.07, 6.45) is 4.29. The number of halogens is 3. The summed E-state index contributed by atoms with van der Waals surface area (Å²) in [5, 5.41) is 0. The monoisotopic (exact) mass is 424 g/mol. The van der Waals surface area contributed by atoms with Gasteiger partial charge >= 0.3 is 0 Å². The molecule has 0 aromatic heterocycles. The summed E-state index contributed by atoms with van der Waals surface area (Å²) in [6, 6.07) is 1.38. The molecule has 2 aliphatic rings. The van der Waals surface area contributed by atoms with Gasteiger partial charge in [0.15, 0.2) is 23.0 Å². The van der Waals surface area contributed by atoms with Crippen LogP contribution in [0.4, 0.5) is 13.2 Å². The van der Waals surface area contributed by atoms with Crippen LogP contribution in [0.1, 0.15) is 38.2 Å². The van der Waals surface area contributed by atoms with Crippen LogP contribution in [0.5, 0.6) is 11.5 Å². The molecule has 0 bridgehead atoms. The first kappa shape index (κ1) is 22.3. The van der Waals surface area contributed by atoms with Gasteiger partial charge in [0.25, 0.3) is 0 Å². The Morgan fingerprint density at radius 2 is 2.03 bits per heavy atom. The fraction of sp³-hybridized carbons (Fsp3) is 0.478. The molecule has 0 N–H and O–H groups in total. The lowest BCUT2D eigenvalue weighted by atomic mass is 9.97. The van der Waals surface area contributed by atoms with Gasteiger partial charge in [-0.2, -0.15) is 13.2 Å².